The Hall–Kier alpha value is -4.87. The number of carbonyl (C=O) groups is 4. The molecule has 0 radical (unpaired) electrons. The average Bonchev–Trinajstić information content (AvgIpc) is 2.94. The highest BCUT2D eigenvalue weighted by Gasteiger charge is 2.26. The van der Waals surface area contributed by atoms with Crippen LogP contribution in [0.25, 0.3) is 0 Å². The molecule has 0 aliphatic carbocycles. The molecule has 0 aliphatic rings. The number of hydrogen-bond acceptors (Lipinski definition) is 7. The van der Waals surface area contributed by atoms with Crippen LogP contribution in [0.3, 0.4) is 0 Å². The van der Waals surface area contributed by atoms with Crippen LogP contribution in [-0.2, 0) is 19.1 Å². The van der Waals surface area contributed by atoms with E-state index in [1.54, 1.807) is 41.5 Å². The van der Waals surface area contributed by atoms with E-state index in [0.717, 1.165) is 0 Å². The summed E-state index contributed by atoms with van der Waals surface area (Å²) < 4.78 is 64.8. The van der Waals surface area contributed by atoms with Crippen LogP contribution in [0, 0.1) is 35.4 Å². The first-order chi connectivity index (χ1) is 21.8. The van der Waals surface area contributed by atoms with Crippen molar-refractivity contribution in [3.63, 3.8) is 0 Å². The van der Waals surface area contributed by atoms with E-state index in [1.165, 1.54) is 31.2 Å². The highest BCUT2D eigenvalue weighted by atomic mass is 19.2. The number of nitrogens with one attached hydrogen (secondary N) is 4. The number of unbranched alkanes of at least 4 members (excludes halogenated alkanes) is 1. The molecule has 11 nitrogen and oxygen atoms in total. The van der Waals surface area contributed by atoms with Crippen LogP contribution in [0.5, 0.6) is 0 Å². The standard InChI is InChI=1S/C32H39F4N5O6/c1-18(38-30(45)47-32(5,6)7)27(42)40-22(10-8-9-17-37-29(44)46-31(2,3)4)28(43)39-20-14-11-19(12-15-20)13-16-21-23(33)25(35)41-26(36)24(21)34/h11-12,14-15,18,22H,8-10,17H2,1-7H3,(H,37,44)(H,38,45)(H,39,43)(H,40,42)/t18-,22?/m0/s1. The molecule has 0 saturated carbocycles. The zero-order valence-electron chi connectivity index (χ0n) is 27.2. The number of nitrogens with zero attached hydrogens (tertiary/aromatic N) is 1. The number of aromatic nitrogens is 1. The van der Waals surface area contributed by atoms with E-state index in [2.05, 4.69) is 32.2 Å². The third-order valence-corrected chi connectivity index (χ3v) is 5.83. The van der Waals surface area contributed by atoms with Crippen LogP contribution in [0.4, 0.5) is 32.8 Å². The Bertz CT molecular complexity index is 1490. The monoisotopic (exact) mass is 665 g/mol. The third-order valence-electron chi connectivity index (χ3n) is 5.83. The van der Waals surface area contributed by atoms with E-state index in [0.29, 0.717) is 12.8 Å². The Kier molecular flexibility index (Phi) is 13.5. The predicted octanol–water partition coefficient (Wildman–Crippen LogP) is 5.07. The first kappa shape index (κ1) is 38.3. The molecule has 4 N–H and O–H groups in total. The number of rotatable bonds is 10. The fourth-order valence-corrected chi connectivity index (χ4v) is 3.69. The Balaban J connectivity index is 2.11. The van der Waals surface area contributed by atoms with E-state index in [4.69, 9.17) is 9.47 Å². The van der Waals surface area contributed by atoms with Crippen LogP contribution >= 0.6 is 0 Å². The van der Waals surface area contributed by atoms with Gasteiger partial charge in [0.1, 0.15) is 28.8 Å². The van der Waals surface area contributed by atoms with E-state index in [-0.39, 0.29) is 24.2 Å². The lowest BCUT2D eigenvalue weighted by Gasteiger charge is -2.23. The van der Waals surface area contributed by atoms with Gasteiger partial charge in [-0.1, -0.05) is 11.8 Å². The lowest BCUT2D eigenvalue weighted by Crippen LogP contribution is -2.52. The third kappa shape index (κ3) is 13.6. The fourth-order valence-electron chi connectivity index (χ4n) is 3.69. The Labute approximate surface area is 270 Å². The quantitative estimate of drug-likeness (QED) is 0.120. The van der Waals surface area contributed by atoms with Crippen molar-refractivity contribution in [2.45, 2.75) is 91.0 Å². The molecule has 1 aromatic carbocycles. The number of hydrogen-bond donors (Lipinski definition) is 4. The van der Waals surface area contributed by atoms with Gasteiger partial charge in [-0.25, -0.2) is 18.4 Å². The molecule has 0 fully saturated rings. The molecule has 1 unspecified atom stereocenters. The molecule has 2 atom stereocenters. The zero-order chi connectivity index (χ0) is 35.5. The van der Waals surface area contributed by atoms with E-state index in [9.17, 15) is 36.7 Å². The first-order valence-electron chi connectivity index (χ1n) is 14.7. The maximum Gasteiger partial charge on any atom is 0.408 e. The zero-order valence-corrected chi connectivity index (χ0v) is 27.2. The van der Waals surface area contributed by atoms with E-state index >= 15 is 0 Å². The first-order valence-corrected chi connectivity index (χ1v) is 14.7. The SMILES string of the molecule is C[C@H](NC(=O)OC(C)(C)C)C(=O)NC(CCCCNC(=O)OC(C)(C)C)C(=O)Nc1ccc(C#Cc2c(F)c(F)nc(F)c2F)cc1. The number of pyridine rings is 1. The second kappa shape index (κ2) is 16.6. The van der Waals surface area contributed by atoms with Crippen LogP contribution in [0.2, 0.25) is 0 Å². The number of benzene rings is 1. The molecule has 2 aromatic rings. The summed E-state index contributed by atoms with van der Waals surface area (Å²) in [5, 5.41) is 10.3. The summed E-state index contributed by atoms with van der Waals surface area (Å²) in [6.07, 6.45) is -0.399. The second-order valence-corrected chi connectivity index (χ2v) is 12.4. The smallest absolute Gasteiger partial charge is 0.408 e. The van der Waals surface area contributed by atoms with Crippen LogP contribution < -0.4 is 21.3 Å². The van der Waals surface area contributed by atoms with Gasteiger partial charge in [0.05, 0.1) is 0 Å². The summed E-state index contributed by atoms with van der Waals surface area (Å²) in [5.41, 5.74) is -2.12. The number of anilines is 1. The van der Waals surface area contributed by atoms with Gasteiger partial charge in [0.15, 0.2) is 11.6 Å². The lowest BCUT2D eigenvalue weighted by molar-refractivity contribution is -0.127. The van der Waals surface area contributed by atoms with Crippen molar-refractivity contribution in [1.29, 1.82) is 0 Å². The molecule has 47 heavy (non-hydrogen) atoms. The largest absolute Gasteiger partial charge is 0.444 e. The van der Waals surface area contributed by atoms with Gasteiger partial charge in [0.2, 0.25) is 11.8 Å². The molecule has 0 aliphatic heterocycles. The minimum atomic E-state index is -1.83. The number of ether oxygens (including phenoxy) is 2. The highest BCUT2D eigenvalue weighted by molar-refractivity contribution is 5.98. The highest BCUT2D eigenvalue weighted by Crippen LogP contribution is 2.17. The van der Waals surface area contributed by atoms with Gasteiger partial charge in [-0.15, -0.1) is 0 Å². The molecule has 4 amide bonds. The number of halogens is 4. The predicted molar refractivity (Wildman–Crippen MR) is 164 cm³/mol. The number of carbonyl (C=O) groups excluding carboxylic acids is 4. The van der Waals surface area contributed by atoms with Crippen molar-refractivity contribution in [2.75, 3.05) is 11.9 Å². The summed E-state index contributed by atoms with van der Waals surface area (Å²) in [6.45, 7) is 11.9. The van der Waals surface area contributed by atoms with Gasteiger partial charge < -0.3 is 30.7 Å². The molecule has 1 heterocycles. The Morgan fingerprint density at radius 3 is 1.89 bits per heavy atom. The summed E-state index contributed by atoms with van der Waals surface area (Å²) in [7, 11) is 0. The van der Waals surface area contributed by atoms with E-state index < -0.39 is 76.4 Å². The molecule has 0 spiro atoms. The van der Waals surface area contributed by atoms with Gasteiger partial charge in [-0.05, 0) is 92.0 Å². The Morgan fingerprint density at radius 2 is 1.34 bits per heavy atom. The second-order valence-electron chi connectivity index (χ2n) is 12.4. The maximum absolute atomic E-state index is 13.8. The average molecular weight is 666 g/mol. The molecule has 256 valence electrons. The summed E-state index contributed by atoms with van der Waals surface area (Å²) in [6, 6.07) is 3.49. The Morgan fingerprint density at radius 1 is 0.787 bits per heavy atom. The minimum Gasteiger partial charge on any atom is -0.444 e. The van der Waals surface area contributed by atoms with Crippen molar-refractivity contribution in [1.82, 2.24) is 20.9 Å². The van der Waals surface area contributed by atoms with E-state index in [1.807, 2.05) is 5.92 Å². The molecule has 2 rings (SSSR count). The minimum absolute atomic E-state index is 0.159. The van der Waals surface area contributed by atoms with Crippen LogP contribution in [0.1, 0.15) is 78.9 Å². The van der Waals surface area contributed by atoms with Crippen molar-refractivity contribution >= 4 is 29.7 Å². The topological polar surface area (TPSA) is 148 Å². The van der Waals surface area contributed by atoms with Gasteiger partial charge in [-0.2, -0.15) is 13.8 Å². The molecular weight excluding hydrogens is 626 g/mol. The summed E-state index contributed by atoms with van der Waals surface area (Å²) >= 11 is 0. The van der Waals surface area contributed by atoms with Gasteiger partial charge >= 0.3 is 12.2 Å². The molecule has 1 aromatic heterocycles. The van der Waals surface area contributed by atoms with Crippen molar-refractivity contribution in [3.05, 3.63) is 58.9 Å². The maximum atomic E-state index is 13.8. The van der Waals surface area contributed by atoms with Crippen molar-refractivity contribution in [3.8, 4) is 11.8 Å². The molecule has 0 saturated heterocycles. The molecule has 0 bridgehead atoms. The molecule has 15 heteroatoms. The number of alkyl carbamates (subject to hydrolysis) is 2. The normalized spacial score (nSPS) is 12.5. The van der Waals surface area contributed by atoms with Crippen molar-refractivity contribution < 1.29 is 46.2 Å². The van der Waals surface area contributed by atoms with Gasteiger partial charge in [0.25, 0.3) is 11.9 Å². The lowest BCUT2D eigenvalue weighted by atomic mass is 10.1. The fraction of sp³-hybridized carbons (Fsp3) is 0.469. The summed E-state index contributed by atoms with van der Waals surface area (Å²) in [4.78, 5) is 52.6. The summed E-state index contributed by atoms with van der Waals surface area (Å²) in [5.74, 6) is -3.96. The van der Waals surface area contributed by atoms with Crippen LogP contribution in [-0.4, -0.2) is 58.8 Å². The number of amides is 4. The van der Waals surface area contributed by atoms with Crippen molar-refractivity contribution in [2.24, 2.45) is 0 Å². The van der Waals surface area contributed by atoms with Gasteiger partial charge in [0, 0.05) is 17.8 Å². The molecular formula is C32H39F4N5O6. The van der Waals surface area contributed by atoms with Gasteiger partial charge in [-0.3, -0.25) is 9.59 Å². The van der Waals surface area contributed by atoms with Crippen LogP contribution in [0.15, 0.2) is 24.3 Å².